The van der Waals surface area contributed by atoms with Crippen molar-refractivity contribution < 1.29 is 40.6 Å². The van der Waals surface area contributed by atoms with Gasteiger partial charge >= 0.3 is 11.8 Å². The summed E-state index contributed by atoms with van der Waals surface area (Å²) >= 11 is 0. The van der Waals surface area contributed by atoms with Crippen molar-refractivity contribution in [1.82, 2.24) is 0 Å². The quantitative estimate of drug-likeness (QED) is 0.725. The molecule has 0 heterocycles. The minimum absolute atomic E-state index is 0.214. The van der Waals surface area contributed by atoms with E-state index in [2.05, 4.69) is 0 Å². The van der Waals surface area contributed by atoms with Crippen LogP contribution >= 0.6 is 0 Å². The van der Waals surface area contributed by atoms with Gasteiger partial charge in [0.25, 0.3) is 5.92 Å². The summed E-state index contributed by atoms with van der Waals surface area (Å²) in [6.07, 6.45) is -1.96. The van der Waals surface area contributed by atoms with Gasteiger partial charge in [-0.2, -0.15) is 22.8 Å². The minimum atomic E-state index is -5.16. The Morgan fingerprint density at radius 2 is 1.68 bits per heavy atom. The van der Waals surface area contributed by atoms with Crippen LogP contribution in [-0.4, -0.2) is 11.0 Å². The summed E-state index contributed by atoms with van der Waals surface area (Å²) < 4.78 is 104. The Hall–Kier alpha value is -2.80. The summed E-state index contributed by atoms with van der Waals surface area (Å²) in [7, 11) is 0. The molecule has 1 N–H and O–H groups in total. The van der Waals surface area contributed by atoms with E-state index in [1.807, 2.05) is 0 Å². The smallest absolute Gasteiger partial charge is 0.346 e. The molecule has 2 aromatic carbocycles. The van der Waals surface area contributed by atoms with E-state index in [1.54, 1.807) is 6.07 Å². The third-order valence-electron chi connectivity index (χ3n) is 4.90. The molecule has 0 radical (unpaired) electrons. The molecule has 2 aliphatic carbocycles. The van der Waals surface area contributed by atoms with Gasteiger partial charge in [0.15, 0.2) is 5.60 Å². The van der Waals surface area contributed by atoms with Crippen molar-refractivity contribution in [1.29, 1.82) is 5.26 Å². The number of halogens is 7. The second-order valence-corrected chi connectivity index (χ2v) is 6.64. The van der Waals surface area contributed by atoms with E-state index in [0.29, 0.717) is 12.1 Å². The van der Waals surface area contributed by atoms with Crippen LogP contribution < -0.4 is 4.74 Å². The highest BCUT2D eigenvalue weighted by atomic mass is 19.3. The zero-order valence-electron chi connectivity index (χ0n) is 13.5. The third kappa shape index (κ3) is 2.08. The van der Waals surface area contributed by atoms with E-state index in [4.69, 9.17) is 10.00 Å². The fourth-order valence-corrected chi connectivity index (χ4v) is 3.73. The highest BCUT2D eigenvalue weighted by Crippen LogP contribution is 2.70. The lowest BCUT2D eigenvalue weighted by Gasteiger charge is -2.30. The molecule has 28 heavy (non-hydrogen) atoms. The van der Waals surface area contributed by atoms with Crippen LogP contribution in [0.3, 0.4) is 0 Å². The normalized spacial score (nSPS) is 25.2. The standard InChI is InChI=1S/C18H8F7NO2/c19-9-3-8(6-26)4-10(5-9)28-12-2-1-11-13-14(12)16(20,21)7-15(13,27)18(24,25)17(11,22)23/h1-5,27H,7H2. The molecule has 3 nitrogen and oxygen atoms in total. The van der Waals surface area contributed by atoms with Crippen molar-refractivity contribution >= 4 is 0 Å². The lowest BCUT2D eigenvalue weighted by atomic mass is 9.94. The van der Waals surface area contributed by atoms with Crippen LogP contribution in [-0.2, 0) is 17.4 Å². The Morgan fingerprint density at radius 1 is 1.00 bits per heavy atom. The molecule has 0 amide bonds. The van der Waals surface area contributed by atoms with Crippen LogP contribution in [0.1, 0.15) is 28.7 Å². The number of rotatable bonds is 2. The molecule has 2 aliphatic rings. The van der Waals surface area contributed by atoms with Crippen molar-refractivity contribution in [3.05, 3.63) is 58.4 Å². The lowest BCUT2D eigenvalue weighted by molar-refractivity contribution is -0.294. The van der Waals surface area contributed by atoms with Gasteiger partial charge in [0, 0.05) is 17.2 Å². The first kappa shape index (κ1) is 18.6. The maximum absolute atomic E-state index is 14.5. The van der Waals surface area contributed by atoms with E-state index in [0.717, 1.165) is 18.2 Å². The van der Waals surface area contributed by atoms with Gasteiger partial charge in [-0.25, -0.2) is 13.2 Å². The molecular weight excluding hydrogens is 395 g/mol. The van der Waals surface area contributed by atoms with Crippen molar-refractivity contribution in [3.8, 4) is 17.6 Å². The van der Waals surface area contributed by atoms with Gasteiger partial charge < -0.3 is 9.84 Å². The Kier molecular flexibility index (Phi) is 3.43. The summed E-state index contributed by atoms with van der Waals surface area (Å²) in [5.41, 5.74) is -8.02. The maximum Gasteiger partial charge on any atom is 0.346 e. The van der Waals surface area contributed by atoms with E-state index in [-0.39, 0.29) is 5.56 Å². The molecule has 0 bridgehead atoms. The van der Waals surface area contributed by atoms with Crippen LogP contribution in [0.5, 0.6) is 11.5 Å². The summed E-state index contributed by atoms with van der Waals surface area (Å²) in [6.45, 7) is 0. The van der Waals surface area contributed by atoms with E-state index < -0.39 is 63.8 Å². The molecule has 1 unspecified atom stereocenters. The first-order valence-corrected chi connectivity index (χ1v) is 7.78. The molecule has 2 aromatic rings. The number of benzene rings is 2. The Balaban J connectivity index is 1.93. The Labute approximate surface area is 152 Å². The average molecular weight is 403 g/mol. The van der Waals surface area contributed by atoms with Crippen molar-refractivity contribution in [2.24, 2.45) is 0 Å². The largest absolute Gasteiger partial charge is 0.457 e. The Morgan fingerprint density at radius 3 is 2.32 bits per heavy atom. The summed E-state index contributed by atoms with van der Waals surface area (Å²) in [5.74, 6) is -16.3. The van der Waals surface area contributed by atoms with Crippen molar-refractivity contribution in [2.75, 3.05) is 0 Å². The molecule has 4 rings (SSSR count). The predicted molar refractivity (Wildman–Crippen MR) is 78.9 cm³/mol. The third-order valence-corrected chi connectivity index (χ3v) is 4.90. The van der Waals surface area contributed by atoms with Gasteiger partial charge in [-0.1, -0.05) is 0 Å². The number of hydrogen-bond acceptors (Lipinski definition) is 3. The van der Waals surface area contributed by atoms with E-state index >= 15 is 0 Å². The van der Waals surface area contributed by atoms with Gasteiger partial charge in [-0.05, 0) is 24.3 Å². The van der Waals surface area contributed by atoms with Crippen LogP contribution in [0.25, 0.3) is 0 Å². The molecule has 0 fully saturated rings. The molecule has 0 saturated carbocycles. The average Bonchev–Trinajstić information content (AvgIpc) is 2.87. The molecule has 146 valence electrons. The highest BCUT2D eigenvalue weighted by Gasteiger charge is 2.81. The van der Waals surface area contributed by atoms with Crippen molar-refractivity contribution in [2.45, 2.75) is 29.8 Å². The van der Waals surface area contributed by atoms with Gasteiger partial charge in [0.05, 0.1) is 23.6 Å². The molecule has 0 saturated heterocycles. The topological polar surface area (TPSA) is 53.2 Å². The summed E-state index contributed by atoms with van der Waals surface area (Å²) in [6, 6.07) is 5.27. The van der Waals surface area contributed by atoms with E-state index in [1.165, 1.54) is 0 Å². The second kappa shape index (κ2) is 5.17. The molecule has 10 heteroatoms. The van der Waals surface area contributed by atoms with Crippen molar-refractivity contribution in [3.63, 3.8) is 0 Å². The van der Waals surface area contributed by atoms with Crippen LogP contribution in [0.4, 0.5) is 30.7 Å². The van der Waals surface area contributed by atoms with Crippen LogP contribution in [0, 0.1) is 17.1 Å². The van der Waals surface area contributed by atoms with Gasteiger partial charge in [0.2, 0.25) is 0 Å². The molecule has 0 spiro atoms. The number of ether oxygens (including phenoxy) is 1. The SMILES string of the molecule is N#Cc1cc(F)cc(Oc2ccc3c4c2C(F)(F)CC4(O)C(F)(F)C3(F)F)c1. The number of hydrogen-bond donors (Lipinski definition) is 1. The van der Waals surface area contributed by atoms with Gasteiger partial charge in [-0.15, -0.1) is 0 Å². The number of alkyl halides is 6. The molecule has 0 aromatic heterocycles. The molecule has 0 aliphatic heterocycles. The zero-order chi connectivity index (χ0) is 20.7. The van der Waals surface area contributed by atoms with Crippen LogP contribution in [0.2, 0.25) is 0 Å². The molecule has 1 atom stereocenters. The maximum atomic E-state index is 14.5. The fourth-order valence-electron chi connectivity index (χ4n) is 3.73. The zero-order valence-corrected chi connectivity index (χ0v) is 13.5. The minimum Gasteiger partial charge on any atom is -0.457 e. The lowest BCUT2D eigenvalue weighted by Crippen LogP contribution is -2.48. The summed E-state index contributed by atoms with van der Waals surface area (Å²) in [4.78, 5) is 0. The first-order chi connectivity index (χ1) is 12.8. The monoisotopic (exact) mass is 403 g/mol. The van der Waals surface area contributed by atoms with Gasteiger partial charge in [-0.3, -0.25) is 0 Å². The second-order valence-electron chi connectivity index (χ2n) is 6.64. The Bertz CT molecular complexity index is 1060. The summed E-state index contributed by atoms with van der Waals surface area (Å²) in [5, 5.41) is 19.0. The van der Waals surface area contributed by atoms with Crippen LogP contribution in [0.15, 0.2) is 30.3 Å². The fraction of sp³-hybridized carbons (Fsp3) is 0.278. The number of aliphatic hydroxyl groups is 1. The number of nitriles is 1. The molecular formula is C18H8F7NO2. The van der Waals surface area contributed by atoms with Gasteiger partial charge in [0.1, 0.15) is 17.3 Å². The highest BCUT2D eigenvalue weighted by molar-refractivity contribution is 5.61. The predicted octanol–water partition coefficient (Wildman–Crippen LogP) is 4.91. The van der Waals surface area contributed by atoms with E-state index in [9.17, 15) is 35.8 Å². The number of nitrogens with zero attached hydrogens (tertiary/aromatic N) is 1. The first-order valence-electron chi connectivity index (χ1n) is 7.78.